The minimum atomic E-state index is -3.94. The fourth-order valence-electron chi connectivity index (χ4n) is 6.13. The number of carbonyl (C=O) groups excluding carboxylic acids is 4. The summed E-state index contributed by atoms with van der Waals surface area (Å²) in [4.78, 5) is 60.6. The lowest BCUT2D eigenvalue weighted by atomic mass is 9.96. The van der Waals surface area contributed by atoms with Crippen molar-refractivity contribution in [2.75, 3.05) is 20.2 Å². The summed E-state index contributed by atoms with van der Waals surface area (Å²) in [6, 6.07) is 14.1. The molecule has 54 heavy (non-hydrogen) atoms. The third-order valence-corrected chi connectivity index (χ3v) is 10.9. The molecule has 290 valence electrons. The van der Waals surface area contributed by atoms with E-state index in [-0.39, 0.29) is 25.9 Å². The molecule has 0 radical (unpaired) electrons. The second-order valence-corrected chi connectivity index (χ2v) is 16.6. The number of nitrogens with zero attached hydrogens (tertiary/aromatic N) is 2. The van der Waals surface area contributed by atoms with E-state index in [0.717, 1.165) is 5.56 Å². The van der Waals surface area contributed by atoms with Gasteiger partial charge in [0, 0.05) is 36.0 Å². The number of methoxy groups -OCH3 is 1. The largest absolute Gasteiger partial charge is 0.497 e. The number of ether oxygens (including phenoxy) is 3. The summed E-state index contributed by atoms with van der Waals surface area (Å²) in [5, 5.41) is 5.16. The normalized spacial score (nSPS) is 18.9. The summed E-state index contributed by atoms with van der Waals surface area (Å²) < 4.78 is 44.8. The molecule has 4 atom stereocenters. The van der Waals surface area contributed by atoms with Crippen LogP contribution in [0, 0.1) is 0 Å². The van der Waals surface area contributed by atoms with E-state index >= 15 is 0 Å². The van der Waals surface area contributed by atoms with Crippen molar-refractivity contribution >= 4 is 44.7 Å². The average Bonchev–Trinajstić information content (AvgIpc) is 3.90. The Kier molecular flexibility index (Phi) is 11.9. The molecule has 0 spiro atoms. The molecular weight excluding hydrogens is 717 g/mol. The Morgan fingerprint density at radius 1 is 1.07 bits per heavy atom. The first-order valence-corrected chi connectivity index (χ1v) is 19.2. The van der Waals surface area contributed by atoms with Gasteiger partial charge in [-0.05, 0) is 59.1 Å². The van der Waals surface area contributed by atoms with Crippen LogP contribution in [0.2, 0.25) is 0 Å². The van der Waals surface area contributed by atoms with E-state index in [2.05, 4.69) is 21.9 Å². The van der Waals surface area contributed by atoms with Crippen molar-refractivity contribution in [3.63, 3.8) is 0 Å². The quantitative estimate of drug-likeness (QED) is 0.175. The Morgan fingerprint density at radius 2 is 1.78 bits per heavy atom. The number of pyridine rings is 1. The number of nitrogens with one attached hydrogen (secondary N) is 3. The molecule has 1 aliphatic carbocycles. The van der Waals surface area contributed by atoms with Crippen LogP contribution in [-0.4, -0.2) is 96.9 Å². The molecule has 4 amide bonds. The van der Waals surface area contributed by atoms with E-state index in [1.165, 1.54) is 17.9 Å². The van der Waals surface area contributed by atoms with E-state index in [1.54, 1.807) is 52.1 Å². The van der Waals surface area contributed by atoms with Gasteiger partial charge in [-0.1, -0.05) is 36.4 Å². The molecule has 1 unspecified atom stereocenters. The Balaban J connectivity index is 1.48. The molecule has 1 aliphatic heterocycles. The van der Waals surface area contributed by atoms with Crippen LogP contribution in [0.4, 0.5) is 4.79 Å². The Morgan fingerprint density at radius 3 is 2.39 bits per heavy atom. The second kappa shape index (κ2) is 16.0. The third-order valence-electron chi connectivity index (χ3n) is 9.07. The SMILES string of the molecule is C=CC[C@@](C)(NC(=O)[C@@H]1CC(Oc2cc(-c3ccccc3)nc3cc(OC)ccc23)CN1C(=O)[C@H](CN)NC(=O)OC(C)(C)C)C(=O)NS(=O)(=O)C1CC1. The maximum Gasteiger partial charge on any atom is 0.408 e. The van der Waals surface area contributed by atoms with Gasteiger partial charge in [-0.15, -0.1) is 6.58 Å². The summed E-state index contributed by atoms with van der Waals surface area (Å²) in [5.74, 6) is -1.36. The highest BCUT2D eigenvalue weighted by Gasteiger charge is 2.47. The summed E-state index contributed by atoms with van der Waals surface area (Å²) >= 11 is 0. The van der Waals surface area contributed by atoms with Gasteiger partial charge in [-0.25, -0.2) is 18.2 Å². The van der Waals surface area contributed by atoms with Crippen LogP contribution in [0.1, 0.15) is 53.4 Å². The van der Waals surface area contributed by atoms with Crippen LogP contribution in [0.25, 0.3) is 22.2 Å². The van der Waals surface area contributed by atoms with Crippen LogP contribution in [0.15, 0.2) is 67.3 Å². The van der Waals surface area contributed by atoms with Crippen molar-refractivity contribution in [3.8, 4) is 22.8 Å². The number of benzene rings is 2. The van der Waals surface area contributed by atoms with E-state index in [0.29, 0.717) is 40.9 Å². The molecule has 3 aromatic rings. The zero-order chi connectivity index (χ0) is 39.4. The lowest BCUT2D eigenvalue weighted by Gasteiger charge is -2.33. The van der Waals surface area contributed by atoms with Gasteiger partial charge < -0.3 is 35.5 Å². The molecule has 15 nitrogen and oxygen atoms in total. The Bertz CT molecular complexity index is 2020. The van der Waals surface area contributed by atoms with Crippen LogP contribution in [0.5, 0.6) is 11.5 Å². The van der Waals surface area contributed by atoms with Gasteiger partial charge in [0.2, 0.25) is 21.8 Å². The van der Waals surface area contributed by atoms with E-state index < -0.39 is 68.4 Å². The molecule has 1 aromatic heterocycles. The average molecular weight is 765 g/mol. The highest BCUT2D eigenvalue weighted by molar-refractivity contribution is 7.91. The molecule has 5 N–H and O–H groups in total. The van der Waals surface area contributed by atoms with Crippen molar-refractivity contribution in [2.45, 2.75) is 88.0 Å². The zero-order valence-electron chi connectivity index (χ0n) is 31.1. The maximum absolute atomic E-state index is 14.2. The van der Waals surface area contributed by atoms with Gasteiger partial charge in [0.25, 0.3) is 5.91 Å². The fourth-order valence-corrected chi connectivity index (χ4v) is 7.54. The number of likely N-dealkylation sites (tertiary alicyclic amines) is 1. The number of hydrogen-bond donors (Lipinski definition) is 4. The first-order chi connectivity index (χ1) is 25.5. The van der Waals surface area contributed by atoms with Crippen molar-refractivity contribution in [2.24, 2.45) is 5.73 Å². The maximum atomic E-state index is 14.2. The van der Waals surface area contributed by atoms with Gasteiger partial charge >= 0.3 is 6.09 Å². The van der Waals surface area contributed by atoms with Crippen molar-refractivity contribution in [1.82, 2.24) is 25.2 Å². The number of aromatic nitrogens is 1. The molecule has 0 bridgehead atoms. The number of alkyl carbamates (subject to hydrolysis) is 1. The van der Waals surface area contributed by atoms with Crippen LogP contribution in [-0.2, 0) is 29.1 Å². The highest BCUT2D eigenvalue weighted by Crippen LogP contribution is 2.35. The molecule has 16 heteroatoms. The van der Waals surface area contributed by atoms with E-state index in [4.69, 9.17) is 24.9 Å². The number of rotatable bonds is 14. The number of hydrogen-bond acceptors (Lipinski definition) is 11. The molecule has 2 aromatic carbocycles. The molecular formula is C38H48N6O9S. The molecule has 5 rings (SSSR count). The van der Waals surface area contributed by atoms with Gasteiger partial charge in [-0.3, -0.25) is 19.1 Å². The first kappa shape index (κ1) is 40.0. The van der Waals surface area contributed by atoms with E-state index in [9.17, 15) is 27.6 Å². The summed E-state index contributed by atoms with van der Waals surface area (Å²) in [5.41, 5.74) is 5.39. The lowest BCUT2D eigenvalue weighted by Crippen LogP contribution is -2.62. The van der Waals surface area contributed by atoms with Crippen LogP contribution < -0.4 is 30.6 Å². The standard InChI is InChI=1S/C38H48N6O9S/c1-7-17-38(5,35(47)43-54(49,50)26-14-15-26)42-33(45)31-19-25(22-44(31)34(46)30(21-39)41-36(48)53-37(2,3)4)52-32-20-28(23-11-9-8-10-12-23)40-29-18-24(51-6)13-16-27(29)32/h7-13,16,18,20,25-26,30-31H,1,14-15,17,19,21-22,39H2,2-6H3,(H,41,48)(H,42,45)(H,43,47)/t25?,30-,31-,38+/m0/s1. The topological polar surface area (TPSA) is 208 Å². The predicted octanol–water partition coefficient (Wildman–Crippen LogP) is 3.17. The monoisotopic (exact) mass is 764 g/mol. The third kappa shape index (κ3) is 9.46. The van der Waals surface area contributed by atoms with Gasteiger partial charge in [0.15, 0.2) is 0 Å². The van der Waals surface area contributed by atoms with Crippen LogP contribution >= 0.6 is 0 Å². The molecule has 1 saturated carbocycles. The molecule has 1 saturated heterocycles. The Labute approximate surface area is 315 Å². The summed E-state index contributed by atoms with van der Waals surface area (Å²) in [6.07, 6.45) is 0.450. The Hall–Kier alpha value is -5.22. The predicted molar refractivity (Wildman–Crippen MR) is 202 cm³/mol. The molecule has 2 aliphatic rings. The highest BCUT2D eigenvalue weighted by atomic mass is 32.2. The minimum absolute atomic E-state index is 0.0336. The zero-order valence-corrected chi connectivity index (χ0v) is 31.9. The van der Waals surface area contributed by atoms with Gasteiger partial charge in [0.05, 0.1) is 30.1 Å². The number of amides is 4. The van der Waals surface area contributed by atoms with Gasteiger partial charge in [0.1, 0.15) is 40.8 Å². The smallest absolute Gasteiger partial charge is 0.408 e. The van der Waals surface area contributed by atoms with Gasteiger partial charge in [-0.2, -0.15) is 0 Å². The van der Waals surface area contributed by atoms with Crippen molar-refractivity contribution in [3.05, 3.63) is 67.3 Å². The van der Waals surface area contributed by atoms with E-state index in [1.807, 2.05) is 30.3 Å². The molecule has 2 heterocycles. The number of nitrogens with two attached hydrogens (primary N) is 1. The lowest BCUT2D eigenvalue weighted by molar-refractivity contribution is -0.141. The fraction of sp³-hybridized carbons (Fsp3) is 0.447. The molecule has 2 fully saturated rings. The number of sulfonamides is 1. The number of carbonyl (C=O) groups is 4. The minimum Gasteiger partial charge on any atom is -0.497 e. The van der Waals surface area contributed by atoms with Crippen LogP contribution in [0.3, 0.4) is 0 Å². The summed E-state index contributed by atoms with van der Waals surface area (Å²) in [6.45, 7) is 9.65. The number of fused-ring (bicyclic) bond motifs is 1. The summed E-state index contributed by atoms with van der Waals surface area (Å²) in [7, 11) is -2.39. The van der Waals surface area contributed by atoms with Crippen molar-refractivity contribution < 1.29 is 41.8 Å². The van der Waals surface area contributed by atoms with Crippen molar-refractivity contribution in [1.29, 1.82) is 0 Å². The second-order valence-electron chi connectivity index (χ2n) is 14.7. The first-order valence-electron chi connectivity index (χ1n) is 17.7.